The van der Waals surface area contributed by atoms with Crippen molar-refractivity contribution in [3.8, 4) is 0 Å². The van der Waals surface area contributed by atoms with E-state index in [-0.39, 0.29) is 17.7 Å². The Morgan fingerprint density at radius 1 is 0.897 bits per heavy atom. The number of anilines is 2. The summed E-state index contributed by atoms with van der Waals surface area (Å²) < 4.78 is 0. The van der Waals surface area contributed by atoms with Gasteiger partial charge in [-0.3, -0.25) is 9.78 Å². The Morgan fingerprint density at radius 2 is 1.69 bits per heavy atom. The molecular formula is C24H20ClN3O. The third kappa shape index (κ3) is 3.40. The summed E-state index contributed by atoms with van der Waals surface area (Å²) in [6.07, 6.45) is 4.84. The number of hydrogen-bond acceptors (Lipinski definition) is 4. The average Bonchev–Trinajstić information content (AvgIpc) is 2.92. The van der Waals surface area contributed by atoms with Gasteiger partial charge < -0.3 is 10.6 Å². The molecule has 0 saturated heterocycles. The highest BCUT2D eigenvalue weighted by atomic mass is 35.5. The number of halogens is 1. The molecule has 0 unspecified atom stereocenters. The number of carbonyl (C=O) groups excluding carboxylic acids is 1. The maximum atomic E-state index is 13.4. The van der Waals surface area contributed by atoms with Gasteiger partial charge in [0.2, 0.25) is 0 Å². The van der Waals surface area contributed by atoms with Crippen LogP contribution in [0.2, 0.25) is 5.02 Å². The van der Waals surface area contributed by atoms with E-state index >= 15 is 0 Å². The van der Waals surface area contributed by atoms with E-state index in [1.165, 1.54) is 0 Å². The Kier molecular flexibility index (Phi) is 4.57. The maximum absolute atomic E-state index is 13.4. The van der Waals surface area contributed by atoms with Crippen LogP contribution in [0.3, 0.4) is 0 Å². The van der Waals surface area contributed by atoms with Crippen molar-refractivity contribution in [1.29, 1.82) is 0 Å². The largest absolute Gasteiger partial charge is 0.372 e. The summed E-state index contributed by atoms with van der Waals surface area (Å²) in [4.78, 5) is 17.7. The van der Waals surface area contributed by atoms with Crippen LogP contribution in [0.5, 0.6) is 0 Å². The number of para-hydroxylation sites is 2. The highest BCUT2D eigenvalue weighted by molar-refractivity contribution is 6.30. The van der Waals surface area contributed by atoms with Gasteiger partial charge in [-0.2, -0.15) is 0 Å². The predicted octanol–water partition coefficient (Wildman–Crippen LogP) is 5.71. The fourth-order valence-electron chi connectivity index (χ4n) is 4.26. The zero-order valence-corrected chi connectivity index (χ0v) is 16.5. The number of nitrogens with one attached hydrogen (secondary N) is 2. The summed E-state index contributed by atoms with van der Waals surface area (Å²) in [6.45, 7) is 0. The van der Waals surface area contributed by atoms with E-state index in [9.17, 15) is 4.79 Å². The molecule has 1 aliphatic carbocycles. The summed E-state index contributed by atoms with van der Waals surface area (Å²) in [5.74, 6) is 0.290. The second-order valence-corrected chi connectivity index (χ2v) is 7.94. The first-order valence-corrected chi connectivity index (χ1v) is 10.1. The molecule has 2 aromatic carbocycles. The molecule has 0 radical (unpaired) electrons. The van der Waals surface area contributed by atoms with Crippen LogP contribution in [-0.4, -0.2) is 10.8 Å². The Hall–Kier alpha value is -3.11. The fraction of sp³-hybridized carbons (Fsp3) is 0.167. The van der Waals surface area contributed by atoms with Crippen LogP contribution < -0.4 is 10.6 Å². The standard InChI is InChI=1S/C24H20ClN3O/c25-18-9-7-15(8-10-18)17-12-21-23(22(29)13-17)24(16-4-3-11-26-14-16)28-20-6-2-1-5-19(20)27-21/h1-11,14,17,24,27-28H,12-13H2/t17-,24-/m1/s1. The first-order valence-electron chi connectivity index (χ1n) is 9.73. The smallest absolute Gasteiger partial charge is 0.163 e. The summed E-state index contributed by atoms with van der Waals surface area (Å²) in [6, 6.07) is 19.6. The van der Waals surface area contributed by atoms with Crippen molar-refractivity contribution in [2.45, 2.75) is 24.8 Å². The van der Waals surface area contributed by atoms with Crippen molar-refractivity contribution >= 4 is 28.8 Å². The van der Waals surface area contributed by atoms with Crippen molar-refractivity contribution in [2.24, 2.45) is 0 Å². The number of aromatic nitrogens is 1. The van der Waals surface area contributed by atoms with E-state index in [1.807, 2.05) is 66.9 Å². The normalized spacial score (nSPS) is 20.8. The number of nitrogens with zero attached hydrogens (tertiary/aromatic N) is 1. The molecule has 5 heteroatoms. The predicted molar refractivity (Wildman–Crippen MR) is 116 cm³/mol. The van der Waals surface area contributed by atoms with E-state index < -0.39 is 0 Å². The van der Waals surface area contributed by atoms with E-state index in [0.717, 1.165) is 40.2 Å². The second kappa shape index (κ2) is 7.37. The number of allylic oxidation sites excluding steroid dienone is 1. The first kappa shape index (κ1) is 18.0. The molecular weight excluding hydrogens is 382 g/mol. The minimum Gasteiger partial charge on any atom is -0.372 e. The maximum Gasteiger partial charge on any atom is 0.163 e. The van der Waals surface area contributed by atoms with Gasteiger partial charge in [0.15, 0.2) is 5.78 Å². The highest BCUT2D eigenvalue weighted by Crippen LogP contribution is 2.44. The number of fused-ring (bicyclic) bond motifs is 1. The van der Waals surface area contributed by atoms with E-state index in [0.29, 0.717) is 11.4 Å². The molecule has 1 aromatic heterocycles. The number of rotatable bonds is 2. The molecule has 0 fully saturated rings. The van der Waals surface area contributed by atoms with Gasteiger partial charge in [0.05, 0.1) is 17.4 Å². The number of hydrogen-bond donors (Lipinski definition) is 2. The van der Waals surface area contributed by atoms with Gasteiger partial charge in [0.1, 0.15) is 0 Å². The summed E-state index contributed by atoms with van der Waals surface area (Å²) in [7, 11) is 0. The van der Waals surface area contributed by atoms with Crippen molar-refractivity contribution in [2.75, 3.05) is 10.6 Å². The Bertz CT molecular complexity index is 1090. The molecule has 0 spiro atoms. The fourth-order valence-corrected chi connectivity index (χ4v) is 4.39. The van der Waals surface area contributed by atoms with Gasteiger partial charge in [-0.05, 0) is 53.8 Å². The topological polar surface area (TPSA) is 54.0 Å². The molecule has 2 aliphatic rings. The number of ketones is 1. The number of benzene rings is 2. The molecule has 2 atom stereocenters. The molecule has 2 heterocycles. The van der Waals surface area contributed by atoms with Crippen molar-refractivity contribution < 1.29 is 4.79 Å². The monoisotopic (exact) mass is 401 g/mol. The first-order chi connectivity index (χ1) is 14.2. The molecule has 144 valence electrons. The molecule has 0 saturated carbocycles. The molecule has 1 aliphatic heterocycles. The number of pyridine rings is 1. The van der Waals surface area contributed by atoms with Crippen molar-refractivity contribution in [3.05, 3.63) is 100 Å². The summed E-state index contributed by atoms with van der Waals surface area (Å²) in [5.41, 5.74) is 5.87. The van der Waals surface area contributed by atoms with E-state index in [4.69, 9.17) is 11.6 Å². The summed E-state index contributed by atoms with van der Waals surface area (Å²) in [5, 5.41) is 7.83. The molecule has 0 amide bonds. The van der Waals surface area contributed by atoms with Crippen LogP contribution in [0.1, 0.15) is 35.9 Å². The van der Waals surface area contributed by atoms with Crippen LogP contribution >= 0.6 is 11.6 Å². The quantitative estimate of drug-likeness (QED) is 0.577. The Morgan fingerprint density at radius 3 is 2.45 bits per heavy atom. The second-order valence-electron chi connectivity index (χ2n) is 7.51. The van der Waals surface area contributed by atoms with Crippen LogP contribution in [0.15, 0.2) is 84.3 Å². The van der Waals surface area contributed by atoms with Crippen molar-refractivity contribution in [3.63, 3.8) is 0 Å². The number of carbonyl (C=O) groups is 1. The minimum absolute atomic E-state index is 0.130. The van der Waals surface area contributed by atoms with Gasteiger partial charge in [0.25, 0.3) is 0 Å². The van der Waals surface area contributed by atoms with Gasteiger partial charge in [-0.1, -0.05) is 41.9 Å². The van der Waals surface area contributed by atoms with Crippen LogP contribution in [0, 0.1) is 0 Å². The lowest BCUT2D eigenvalue weighted by Crippen LogP contribution is -2.26. The molecule has 3 aromatic rings. The van der Waals surface area contributed by atoms with Gasteiger partial charge in [0, 0.05) is 35.1 Å². The zero-order chi connectivity index (χ0) is 19.8. The number of Topliss-reactive ketones (excluding diaryl/α,β-unsaturated/α-hetero) is 1. The molecule has 29 heavy (non-hydrogen) atoms. The molecule has 0 bridgehead atoms. The van der Waals surface area contributed by atoms with Gasteiger partial charge in [-0.25, -0.2) is 0 Å². The highest BCUT2D eigenvalue weighted by Gasteiger charge is 2.36. The zero-order valence-electron chi connectivity index (χ0n) is 15.7. The molecule has 2 N–H and O–H groups in total. The Balaban J connectivity index is 1.60. The molecule has 5 rings (SSSR count). The van der Waals surface area contributed by atoms with Gasteiger partial charge in [-0.15, -0.1) is 0 Å². The van der Waals surface area contributed by atoms with Gasteiger partial charge >= 0.3 is 0 Å². The van der Waals surface area contributed by atoms with Crippen LogP contribution in [0.4, 0.5) is 11.4 Å². The van der Waals surface area contributed by atoms with Crippen molar-refractivity contribution in [1.82, 2.24) is 4.98 Å². The Labute approximate surface area is 174 Å². The SMILES string of the molecule is O=C1C[C@H](c2ccc(Cl)cc2)CC2=C1[C@@H](c1cccnc1)Nc1ccccc1N2. The average molecular weight is 402 g/mol. The lowest BCUT2D eigenvalue weighted by molar-refractivity contribution is -0.116. The molecule has 4 nitrogen and oxygen atoms in total. The van der Waals surface area contributed by atoms with Crippen LogP contribution in [0.25, 0.3) is 0 Å². The summed E-state index contributed by atoms with van der Waals surface area (Å²) >= 11 is 6.05. The lowest BCUT2D eigenvalue weighted by atomic mass is 9.79. The third-order valence-electron chi connectivity index (χ3n) is 5.67. The van der Waals surface area contributed by atoms with E-state index in [1.54, 1.807) is 6.20 Å². The van der Waals surface area contributed by atoms with E-state index in [2.05, 4.69) is 15.6 Å². The lowest BCUT2D eigenvalue weighted by Gasteiger charge is -2.29. The van der Waals surface area contributed by atoms with Crippen LogP contribution in [-0.2, 0) is 4.79 Å². The minimum atomic E-state index is -0.228. The third-order valence-corrected chi connectivity index (χ3v) is 5.92.